The fourth-order valence-corrected chi connectivity index (χ4v) is 3.37. The molecule has 0 spiro atoms. The maximum absolute atomic E-state index is 3.65. The van der Waals surface area contributed by atoms with E-state index in [1.807, 2.05) is 0 Å². The van der Waals surface area contributed by atoms with Crippen molar-refractivity contribution in [3.8, 4) is 0 Å². The summed E-state index contributed by atoms with van der Waals surface area (Å²) in [4.78, 5) is 2.70. The van der Waals surface area contributed by atoms with Crippen LogP contribution in [0.1, 0.15) is 46.0 Å². The van der Waals surface area contributed by atoms with E-state index >= 15 is 0 Å². The topological polar surface area (TPSA) is 15.3 Å². The van der Waals surface area contributed by atoms with Crippen LogP contribution in [0.2, 0.25) is 0 Å². The maximum Gasteiger partial charge on any atom is 0.0107 e. The molecule has 0 bridgehead atoms. The fraction of sp³-hybridized carbons (Fsp3) is 1.00. The van der Waals surface area contributed by atoms with E-state index in [0.29, 0.717) is 0 Å². The van der Waals surface area contributed by atoms with Gasteiger partial charge in [0.15, 0.2) is 0 Å². The molecule has 1 saturated carbocycles. The Balaban J connectivity index is 1.73. The van der Waals surface area contributed by atoms with E-state index in [9.17, 15) is 0 Å². The summed E-state index contributed by atoms with van der Waals surface area (Å²) < 4.78 is 0. The van der Waals surface area contributed by atoms with Gasteiger partial charge in [-0.05, 0) is 44.1 Å². The van der Waals surface area contributed by atoms with Crippen LogP contribution in [0, 0.1) is 11.8 Å². The van der Waals surface area contributed by atoms with Crippen molar-refractivity contribution in [3.63, 3.8) is 0 Å². The largest absolute Gasteiger partial charge is 0.313 e. The predicted molar refractivity (Wildman–Crippen MR) is 69.6 cm³/mol. The van der Waals surface area contributed by atoms with Crippen LogP contribution in [0.4, 0.5) is 0 Å². The summed E-state index contributed by atoms with van der Waals surface area (Å²) in [7, 11) is 0. The summed E-state index contributed by atoms with van der Waals surface area (Å²) in [6.07, 6.45) is 7.05. The highest BCUT2D eigenvalue weighted by Gasteiger charge is 2.24. The van der Waals surface area contributed by atoms with Crippen molar-refractivity contribution >= 4 is 0 Å². The smallest absolute Gasteiger partial charge is 0.0107 e. The lowest BCUT2D eigenvalue weighted by molar-refractivity contribution is 0.241. The highest BCUT2D eigenvalue weighted by molar-refractivity contribution is 4.79. The van der Waals surface area contributed by atoms with Crippen LogP contribution < -0.4 is 5.32 Å². The molecule has 2 aliphatic rings. The fourth-order valence-electron chi connectivity index (χ4n) is 3.37. The van der Waals surface area contributed by atoms with Gasteiger partial charge in [-0.15, -0.1) is 0 Å². The van der Waals surface area contributed by atoms with Crippen molar-refractivity contribution in [3.05, 3.63) is 0 Å². The van der Waals surface area contributed by atoms with E-state index in [-0.39, 0.29) is 0 Å². The lowest BCUT2D eigenvalue weighted by Crippen LogP contribution is -2.32. The molecule has 3 atom stereocenters. The number of nitrogens with zero attached hydrogens (tertiary/aromatic N) is 1. The van der Waals surface area contributed by atoms with Crippen LogP contribution >= 0.6 is 0 Å². The molecule has 0 radical (unpaired) electrons. The molecule has 0 aromatic heterocycles. The van der Waals surface area contributed by atoms with Crippen LogP contribution in [0.5, 0.6) is 0 Å². The molecule has 2 fully saturated rings. The molecular weight excluding hydrogens is 196 g/mol. The summed E-state index contributed by atoms with van der Waals surface area (Å²) in [6, 6.07) is 0.771. The second-order valence-corrected chi connectivity index (χ2v) is 5.93. The van der Waals surface area contributed by atoms with Crippen LogP contribution in [0.15, 0.2) is 0 Å². The third kappa shape index (κ3) is 3.46. The minimum atomic E-state index is 0.771. The second kappa shape index (κ2) is 6.02. The van der Waals surface area contributed by atoms with Gasteiger partial charge in [0, 0.05) is 25.7 Å². The first-order valence-corrected chi connectivity index (χ1v) is 7.23. The first-order chi connectivity index (χ1) is 7.78. The summed E-state index contributed by atoms with van der Waals surface area (Å²) in [6.45, 7) is 9.85. The molecular formula is C14H28N2. The molecule has 16 heavy (non-hydrogen) atoms. The summed E-state index contributed by atoms with van der Waals surface area (Å²) >= 11 is 0. The zero-order valence-electron chi connectivity index (χ0n) is 11.0. The van der Waals surface area contributed by atoms with Gasteiger partial charge in [0.1, 0.15) is 0 Å². The van der Waals surface area contributed by atoms with Gasteiger partial charge in [-0.25, -0.2) is 0 Å². The van der Waals surface area contributed by atoms with Crippen molar-refractivity contribution in [2.24, 2.45) is 11.8 Å². The Morgan fingerprint density at radius 3 is 2.75 bits per heavy atom. The van der Waals surface area contributed by atoms with Gasteiger partial charge in [-0.2, -0.15) is 0 Å². The Kier molecular flexibility index (Phi) is 4.66. The number of nitrogens with one attached hydrogen (secondary N) is 1. The van der Waals surface area contributed by atoms with Crippen molar-refractivity contribution in [2.75, 3.05) is 26.2 Å². The van der Waals surface area contributed by atoms with E-state index < -0.39 is 0 Å². The standard InChI is InChI=1S/C14H28N2/c1-3-14-6-8-16(9-7-15-14)11-13-5-4-12(2)10-13/h12-15H,3-11H2,1-2H3. The van der Waals surface area contributed by atoms with E-state index in [2.05, 4.69) is 24.1 Å². The molecule has 2 nitrogen and oxygen atoms in total. The Morgan fingerprint density at radius 1 is 1.19 bits per heavy atom. The first kappa shape index (κ1) is 12.4. The summed E-state index contributed by atoms with van der Waals surface area (Å²) in [5.41, 5.74) is 0. The first-order valence-electron chi connectivity index (χ1n) is 7.23. The average molecular weight is 224 g/mol. The molecule has 3 unspecified atom stereocenters. The Bertz CT molecular complexity index is 205. The maximum atomic E-state index is 3.65. The number of hydrogen-bond acceptors (Lipinski definition) is 2. The highest BCUT2D eigenvalue weighted by Crippen LogP contribution is 2.30. The van der Waals surface area contributed by atoms with Crippen molar-refractivity contribution in [1.29, 1.82) is 0 Å². The molecule has 1 N–H and O–H groups in total. The van der Waals surface area contributed by atoms with Gasteiger partial charge in [0.25, 0.3) is 0 Å². The minimum Gasteiger partial charge on any atom is -0.313 e. The van der Waals surface area contributed by atoms with Gasteiger partial charge < -0.3 is 10.2 Å². The van der Waals surface area contributed by atoms with E-state index in [1.54, 1.807) is 0 Å². The van der Waals surface area contributed by atoms with Crippen molar-refractivity contribution < 1.29 is 0 Å². The monoisotopic (exact) mass is 224 g/mol. The summed E-state index contributed by atoms with van der Waals surface area (Å²) in [5, 5.41) is 3.65. The van der Waals surface area contributed by atoms with Gasteiger partial charge in [-0.3, -0.25) is 0 Å². The minimum absolute atomic E-state index is 0.771. The third-order valence-electron chi connectivity index (χ3n) is 4.47. The van der Waals surface area contributed by atoms with Crippen molar-refractivity contribution in [2.45, 2.75) is 52.0 Å². The Labute approximate surface area is 101 Å². The van der Waals surface area contributed by atoms with Gasteiger partial charge in [0.2, 0.25) is 0 Å². The molecule has 1 saturated heterocycles. The number of rotatable bonds is 3. The van der Waals surface area contributed by atoms with E-state index in [0.717, 1.165) is 17.9 Å². The number of hydrogen-bond donors (Lipinski definition) is 1. The molecule has 2 heteroatoms. The molecule has 1 aliphatic carbocycles. The molecule has 1 heterocycles. The lowest BCUT2D eigenvalue weighted by Gasteiger charge is -2.23. The molecule has 0 aromatic rings. The van der Waals surface area contributed by atoms with Crippen LogP contribution in [-0.4, -0.2) is 37.1 Å². The zero-order chi connectivity index (χ0) is 11.4. The van der Waals surface area contributed by atoms with Gasteiger partial charge in [-0.1, -0.05) is 20.3 Å². The normalized spacial score (nSPS) is 37.5. The van der Waals surface area contributed by atoms with Crippen LogP contribution in [-0.2, 0) is 0 Å². The average Bonchev–Trinajstić information content (AvgIpc) is 2.55. The van der Waals surface area contributed by atoms with Gasteiger partial charge in [0.05, 0.1) is 0 Å². The highest BCUT2D eigenvalue weighted by atomic mass is 15.2. The van der Waals surface area contributed by atoms with Crippen LogP contribution in [0.3, 0.4) is 0 Å². The molecule has 0 aromatic carbocycles. The molecule has 1 aliphatic heterocycles. The van der Waals surface area contributed by atoms with E-state index in [1.165, 1.54) is 58.3 Å². The Morgan fingerprint density at radius 2 is 2.06 bits per heavy atom. The predicted octanol–water partition coefficient (Wildman–Crippen LogP) is 2.50. The molecule has 94 valence electrons. The van der Waals surface area contributed by atoms with Crippen molar-refractivity contribution in [1.82, 2.24) is 10.2 Å². The molecule has 0 amide bonds. The lowest BCUT2D eigenvalue weighted by atomic mass is 10.1. The third-order valence-corrected chi connectivity index (χ3v) is 4.47. The SMILES string of the molecule is CCC1CCN(CC2CCC(C)C2)CCN1. The van der Waals surface area contributed by atoms with E-state index in [4.69, 9.17) is 0 Å². The summed E-state index contributed by atoms with van der Waals surface area (Å²) in [5.74, 6) is 1.98. The molecule has 2 rings (SSSR count). The van der Waals surface area contributed by atoms with Gasteiger partial charge >= 0.3 is 0 Å². The second-order valence-electron chi connectivity index (χ2n) is 5.93. The zero-order valence-corrected chi connectivity index (χ0v) is 11.0. The Hall–Kier alpha value is -0.0800. The quantitative estimate of drug-likeness (QED) is 0.792. The van der Waals surface area contributed by atoms with Crippen LogP contribution in [0.25, 0.3) is 0 Å².